The van der Waals surface area contributed by atoms with E-state index in [1.165, 1.54) is 25.0 Å². The van der Waals surface area contributed by atoms with Gasteiger partial charge in [-0.25, -0.2) is 0 Å². The predicted molar refractivity (Wildman–Crippen MR) is 94.9 cm³/mol. The molecule has 0 saturated heterocycles. The molecule has 0 spiro atoms. The summed E-state index contributed by atoms with van der Waals surface area (Å²) in [5.74, 6) is 0.658. The monoisotopic (exact) mass is 267 g/mol. The van der Waals surface area contributed by atoms with Crippen molar-refractivity contribution < 1.29 is 0 Å². The van der Waals surface area contributed by atoms with Gasteiger partial charge in [0.2, 0.25) is 0 Å². The van der Waals surface area contributed by atoms with E-state index in [-0.39, 0.29) is 37.7 Å². The third kappa shape index (κ3) is 4.96. The van der Waals surface area contributed by atoms with E-state index in [9.17, 15) is 0 Å². The van der Waals surface area contributed by atoms with Crippen LogP contribution in [0, 0.1) is 5.92 Å². The molecule has 1 rings (SSSR count). The molecule has 0 aromatic rings. The molecule has 0 aliphatic heterocycles. The number of rotatable bonds is 5. The van der Waals surface area contributed by atoms with Crippen molar-refractivity contribution in [1.29, 1.82) is 0 Å². The van der Waals surface area contributed by atoms with Crippen LogP contribution in [-0.4, -0.2) is 52.5 Å². The van der Waals surface area contributed by atoms with Gasteiger partial charge < -0.3 is 4.98 Å². The van der Waals surface area contributed by atoms with Crippen LogP contribution in [0.5, 0.6) is 0 Å². The Labute approximate surface area is 145 Å². The van der Waals surface area contributed by atoms with E-state index in [2.05, 4.69) is 52.7 Å². The van der Waals surface area contributed by atoms with Gasteiger partial charge in [0.15, 0.2) is 0 Å². The number of nitrogens with one attached hydrogen (secondary N) is 1. The number of hydrogen-bond acceptors (Lipinski definition) is 1. The summed E-state index contributed by atoms with van der Waals surface area (Å²) in [6.45, 7) is 17.6. The van der Waals surface area contributed by atoms with E-state index < -0.39 is 8.24 Å². The van der Waals surface area contributed by atoms with E-state index in [0.29, 0.717) is 5.92 Å². The summed E-state index contributed by atoms with van der Waals surface area (Å²) in [5, 5.41) is 1.73. The molecular formula is C15H31Li2NSi. The minimum atomic E-state index is -1.43. The fourth-order valence-electron chi connectivity index (χ4n) is 3.05. The third-order valence-corrected chi connectivity index (χ3v) is 7.70. The average Bonchev–Trinajstić information content (AvgIpc) is 2.44. The van der Waals surface area contributed by atoms with Gasteiger partial charge in [-0.2, -0.15) is 0 Å². The Balaban J connectivity index is 0. The van der Waals surface area contributed by atoms with E-state index in [0.717, 1.165) is 0 Å². The van der Waals surface area contributed by atoms with Crippen molar-refractivity contribution in [3.8, 4) is 0 Å². The van der Waals surface area contributed by atoms with E-state index >= 15 is 0 Å². The molecule has 1 nitrogen and oxygen atoms in total. The Morgan fingerprint density at radius 3 is 1.95 bits per heavy atom. The molecule has 0 aromatic heterocycles. The first-order chi connectivity index (χ1) is 7.83. The molecule has 0 saturated carbocycles. The Morgan fingerprint density at radius 1 is 1.05 bits per heavy atom. The maximum absolute atomic E-state index is 3.86. The second-order valence-electron chi connectivity index (χ2n) is 5.97. The predicted octanol–water partition coefficient (Wildman–Crippen LogP) is 3.13. The van der Waals surface area contributed by atoms with Crippen LogP contribution in [0.4, 0.5) is 0 Å². The molecule has 1 atom stereocenters. The van der Waals surface area contributed by atoms with Crippen molar-refractivity contribution in [3.63, 3.8) is 0 Å². The van der Waals surface area contributed by atoms with E-state index in [1.807, 2.05) is 0 Å². The van der Waals surface area contributed by atoms with Gasteiger partial charge in [-0.15, -0.1) is 0 Å². The molecule has 0 aromatic carbocycles. The number of allylic oxidation sites excluding steroid dienone is 4. The number of unbranched alkanes of at least 4 members (excludes halogenated alkanes) is 1. The molecule has 0 radical (unpaired) electrons. The van der Waals surface area contributed by atoms with Crippen molar-refractivity contribution >= 4 is 46.0 Å². The Hall–Kier alpha value is 0.852. The van der Waals surface area contributed by atoms with Crippen molar-refractivity contribution in [2.24, 2.45) is 5.92 Å². The molecule has 1 aliphatic rings. The summed E-state index contributed by atoms with van der Waals surface area (Å²) in [7, 11) is -1.43. The third-order valence-electron chi connectivity index (χ3n) is 4.41. The van der Waals surface area contributed by atoms with Crippen LogP contribution in [0.25, 0.3) is 0 Å². The zero-order valence-corrected chi connectivity index (χ0v) is 13.7. The van der Waals surface area contributed by atoms with Crippen molar-refractivity contribution in [1.82, 2.24) is 4.98 Å². The normalized spacial score (nSPS) is 19.4. The van der Waals surface area contributed by atoms with Crippen LogP contribution in [0.15, 0.2) is 21.9 Å². The second kappa shape index (κ2) is 8.99. The van der Waals surface area contributed by atoms with Crippen LogP contribution < -0.4 is 4.98 Å². The first kappa shape index (κ1) is 22.1. The van der Waals surface area contributed by atoms with Crippen molar-refractivity contribution in [2.75, 3.05) is 6.54 Å². The Morgan fingerprint density at radius 2 is 1.58 bits per heavy atom. The van der Waals surface area contributed by atoms with E-state index in [1.54, 1.807) is 16.3 Å². The molecule has 4 heteroatoms. The van der Waals surface area contributed by atoms with Crippen molar-refractivity contribution in [3.05, 3.63) is 21.9 Å². The Bertz CT molecular complexity index is 359. The first-order valence-electron chi connectivity index (χ1n) is 6.97. The average molecular weight is 267 g/mol. The number of hydrogen-bond donors (Lipinski definition) is 1. The summed E-state index contributed by atoms with van der Waals surface area (Å²) in [6, 6.07) is 0. The maximum atomic E-state index is 3.86. The molecule has 1 unspecified atom stereocenters. The Kier molecular flexibility index (Phi) is 10.5. The fourth-order valence-corrected chi connectivity index (χ4v) is 6.46. The van der Waals surface area contributed by atoms with Gasteiger partial charge in [0.25, 0.3) is 0 Å². The topological polar surface area (TPSA) is 12.0 Å². The van der Waals surface area contributed by atoms with Crippen LogP contribution in [-0.2, 0) is 0 Å². The van der Waals surface area contributed by atoms with Gasteiger partial charge in [-0.3, -0.25) is 0 Å². The summed E-state index contributed by atoms with van der Waals surface area (Å²) in [6.07, 6.45) is 2.57. The minimum absolute atomic E-state index is 0. The van der Waals surface area contributed by atoms with Crippen LogP contribution in [0.2, 0.25) is 13.1 Å². The van der Waals surface area contributed by atoms with Gasteiger partial charge in [0.1, 0.15) is 8.24 Å². The quantitative estimate of drug-likeness (QED) is 0.596. The molecule has 102 valence electrons. The standard InChI is InChI=1S/C15H29NSi.2Li.2H/c1-8-9-10-16-17(6,7)15-13(4)11(2)12(3)14(15)5;;;;/h13,16H,8-10H2,1-7H3;;;;. The van der Waals surface area contributed by atoms with Crippen LogP contribution in [0.1, 0.15) is 47.5 Å². The summed E-state index contributed by atoms with van der Waals surface area (Å²) in [4.78, 5) is 3.86. The molecule has 0 heterocycles. The SMILES string of the molecule is CCCCN[Si](C)(C)C1=C(C)C(C)=C(C)C1C.[LiH].[LiH]. The van der Waals surface area contributed by atoms with Crippen molar-refractivity contribution in [2.45, 2.75) is 60.6 Å². The zero-order chi connectivity index (χ0) is 13.2. The zero-order valence-electron chi connectivity index (χ0n) is 12.7. The summed E-state index contributed by atoms with van der Waals surface area (Å²) >= 11 is 0. The molecular weight excluding hydrogens is 236 g/mol. The molecule has 1 N–H and O–H groups in total. The van der Waals surface area contributed by atoms with E-state index in [4.69, 9.17) is 0 Å². The first-order valence-corrected chi connectivity index (χ1v) is 9.97. The van der Waals surface area contributed by atoms with Crippen LogP contribution in [0.3, 0.4) is 0 Å². The van der Waals surface area contributed by atoms with Gasteiger partial charge in [-0.05, 0) is 45.2 Å². The van der Waals surface area contributed by atoms with Crippen LogP contribution >= 0.6 is 0 Å². The van der Waals surface area contributed by atoms with Gasteiger partial charge in [-0.1, -0.05) is 49.7 Å². The fraction of sp³-hybridized carbons (Fsp3) is 0.733. The summed E-state index contributed by atoms with van der Waals surface area (Å²) in [5.41, 5.74) is 4.68. The van der Waals surface area contributed by atoms with Gasteiger partial charge in [0, 0.05) is 0 Å². The summed E-state index contributed by atoms with van der Waals surface area (Å²) < 4.78 is 0. The molecule has 1 aliphatic carbocycles. The van der Waals surface area contributed by atoms with Gasteiger partial charge >= 0.3 is 37.7 Å². The molecule has 0 amide bonds. The molecule has 0 bridgehead atoms. The molecule has 0 fully saturated rings. The van der Waals surface area contributed by atoms with Gasteiger partial charge in [0.05, 0.1) is 0 Å². The second-order valence-corrected chi connectivity index (χ2v) is 10.1. The molecule has 19 heavy (non-hydrogen) atoms.